The lowest BCUT2D eigenvalue weighted by Crippen LogP contribution is -2.38. The molecule has 1 aromatic heterocycles. The Morgan fingerprint density at radius 2 is 1.59 bits per heavy atom. The fraction of sp³-hybridized carbons (Fsp3) is 0.346. The summed E-state index contributed by atoms with van der Waals surface area (Å²) in [5.41, 5.74) is 3.94. The van der Waals surface area contributed by atoms with E-state index in [2.05, 4.69) is 69.8 Å². The monoisotopic (exact) mass is 474 g/mol. The van der Waals surface area contributed by atoms with Crippen LogP contribution in [0.25, 0.3) is 0 Å². The highest BCUT2D eigenvalue weighted by molar-refractivity contribution is 7.80. The van der Waals surface area contributed by atoms with Crippen LogP contribution >= 0.6 is 12.2 Å². The summed E-state index contributed by atoms with van der Waals surface area (Å²) in [5, 5.41) is 7.09. The summed E-state index contributed by atoms with van der Waals surface area (Å²) in [6.07, 6.45) is 1.00. The zero-order valence-electron chi connectivity index (χ0n) is 19.4. The number of fused-ring (bicyclic) bond motifs is 1. The van der Waals surface area contributed by atoms with Gasteiger partial charge in [-0.15, -0.1) is 0 Å². The molecule has 2 N–H and O–H groups in total. The maximum absolute atomic E-state index is 5.61. The molecule has 0 aliphatic carbocycles. The summed E-state index contributed by atoms with van der Waals surface area (Å²) in [5.74, 6) is 2.32. The van der Waals surface area contributed by atoms with Crippen molar-refractivity contribution in [2.75, 3.05) is 48.0 Å². The Kier molecular flexibility index (Phi) is 6.87. The Morgan fingerprint density at radius 3 is 2.35 bits per heavy atom. The molecule has 8 heteroatoms. The van der Waals surface area contributed by atoms with Gasteiger partial charge in [-0.3, -0.25) is 0 Å². The highest BCUT2D eigenvalue weighted by Gasteiger charge is 2.21. The Morgan fingerprint density at radius 1 is 0.912 bits per heavy atom. The number of anilines is 3. The first-order chi connectivity index (χ1) is 16.7. The first-order valence-corrected chi connectivity index (χ1v) is 12.2. The predicted octanol–water partition coefficient (Wildman–Crippen LogP) is 3.92. The van der Waals surface area contributed by atoms with Crippen LogP contribution in [-0.4, -0.2) is 47.9 Å². The number of nitrogens with one attached hydrogen (secondary N) is 2. The van der Waals surface area contributed by atoms with Crippen molar-refractivity contribution in [1.82, 2.24) is 15.3 Å². The van der Waals surface area contributed by atoms with Gasteiger partial charge in [0.05, 0.1) is 19.3 Å². The van der Waals surface area contributed by atoms with Crippen molar-refractivity contribution in [2.24, 2.45) is 0 Å². The second kappa shape index (κ2) is 10.4. The Balaban J connectivity index is 1.37. The fourth-order valence-electron chi connectivity index (χ4n) is 4.44. The predicted molar refractivity (Wildman–Crippen MR) is 140 cm³/mol. The lowest BCUT2D eigenvalue weighted by atomic mass is 10.00. The van der Waals surface area contributed by atoms with Gasteiger partial charge in [0.25, 0.3) is 0 Å². The minimum atomic E-state index is 0.0710. The van der Waals surface area contributed by atoms with Crippen molar-refractivity contribution in [3.63, 3.8) is 0 Å². The fourth-order valence-corrected chi connectivity index (χ4v) is 4.71. The van der Waals surface area contributed by atoms with Gasteiger partial charge in [-0.2, -0.15) is 9.97 Å². The van der Waals surface area contributed by atoms with E-state index in [1.54, 1.807) is 0 Å². The van der Waals surface area contributed by atoms with Crippen LogP contribution in [0.5, 0.6) is 0 Å². The maximum atomic E-state index is 5.61. The molecule has 1 saturated heterocycles. The van der Waals surface area contributed by atoms with Crippen LogP contribution < -0.4 is 20.4 Å². The quantitative estimate of drug-likeness (QED) is 0.540. The van der Waals surface area contributed by atoms with Gasteiger partial charge in [0.15, 0.2) is 5.11 Å². The number of nitrogens with zero attached hydrogens (tertiary/aromatic N) is 4. The molecule has 5 rings (SSSR count). The van der Waals surface area contributed by atoms with Crippen LogP contribution in [0.3, 0.4) is 0 Å². The topological polar surface area (TPSA) is 65.6 Å². The van der Waals surface area contributed by atoms with Crippen molar-refractivity contribution in [2.45, 2.75) is 25.9 Å². The van der Waals surface area contributed by atoms with Crippen LogP contribution in [0, 0.1) is 0 Å². The SMILES string of the molecule is C[C@@H](NC(=S)Nc1nc(N2CCOCC2)cc(N2CCc3ccccc3C2)n1)c1ccccc1. The summed E-state index contributed by atoms with van der Waals surface area (Å²) in [6, 6.07) is 21.0. The van der Waals surface area contributed by atoms with E-state index in [9.17, 15) is 0 Å². The molecular weight excluding hydrogens is 444 g/mol. The highest BCUT2D eigenvalue weighted by atomic mass is 32.1. The van der Waals surface area contributed by atoms with E-state index in [1.807, 2.05) is 18.2 Å². The van der Waals surface area contributed by atoms with Gasteiger partial charge < -0.3 is 25.2 Å². The number of hydrogen-bond donors (Lipinski definition) is 2. The number of morpholine rings is 1. The Hall–Kier alpha value is -3.23. The van der Waals surface area contributed by atoms with E-state index in [0.29, 0.717) is 24.3 Å². The van der Waals surface area contributed by atoms with Crippen molar-refractivity contribution in [3.8, 4) is 0 Å². The molecule has 1 atom stereocenters. The van der Waals surface area contributed by atoms with E-state index < -0.39 is 0 Å². The van der Waals surface area contributed by atoms with E-state index in [4.69, 9.17) is 26.9 Å². The smallest absolute Gasteiger partial charge is 0.232 e. The highest BCUT2D eigenvalue weighted by Crippen LogP contribution is 2.27. The Labute approximate surface area is 206 Å². The van der Waals surface area contributed by atoms with Crippen LogP contribution in [-0.2, 0) is 17.7 Å². The molecule has 0 saturated carbocycles. The lowest BCUT2D eigenvalue weighted by molar-refractivity contribution is 0.122. The molecule has 34 heavy (non-hydrogen) atoms. The minimum absolute atomic E-state index is 0.0710. The molecule has 2 aliphatic rings. The molecular formula is C26H30N6OS. The van der Waals surface area contributed by atoms with Gasteiger partial charge in [-0.1, -0.05) is 54.6 Å². The molecule has 0 amide bonds. The lowest BCUT2D eigenvalue weighted by Gasteiger charge is -2.32. The largest absolute Gasteiger partial charge is 0.378 e. The van der Waals surface area contributed by atoms with Crippen LogP contribution in [0.2, 0.25) is 0 Å². The first kappa shape index (κ1) is 22.6. The normalized spacial score (nSPS) is 16.5. The number of thiocarbonyl (C=S) groups is 1. The van der Waals surface area contributed by atoms with Gasteiger partial charge in [0.2, 0.25) is 5.95 Å². The summed E-state index contributed by atoms with van der Waals surface area (Å²) < 4.78 is 5.55. The van der Waals surface area contributed by atoms with Gasteiger partial charge in [-0.25, -0.2) is 0 Å². The second-order valence-corrected chi connectivity index (χ2v) is 9.09. The molecule has 176 valence electrons. The Bertz CT molecular complexity index is 1140. The number of aromatic nitrogens is 2. The van der Waals surface area contributed by atoms with Crippen molar-refractivity contribution >= 4 is 34.9 Å². The van der Waals surface area contributed by atoms with Crippen LogP contribution in [0.15, 0.2) is 60.7 Å². The standard InChI is InChI=1S/C26H30N6OS/c1-19(20-7-3-2-4-8-20)27-26(34)30-25-28-23(31-13-15-33-16-14-31)17-24(29-25)32-12-11-21-9-5-6-10-22(21)18-32/h2-10,17,19H,11-16,18H2,1H3,(H2,27,28,29,30,34)/t19-/m1/s1. The third-order valence-electron chi connectivity index (χ3n) is 6.36. The molecule has 2 aromatic carbocycles. The zero-order chi connectivity index (χ0) is 23.3. The summed E-state index contributed by atoms with van der Waals surface area (Å²) >= 11 is 5.61. The number of hydrogen-bond acceptors (Lipinski definition) is 6. The second-order valence-electron chi connectivity index (χ2n) is 8.68. The maximum Gasteiger partial charge on any atom is 0.232 e. The molecule has 0 bridgehead atoms. The molecule has 0 spiro atoms. The van der Waals surface area contributed by atoms with E-state index in [-0.39, 0.29) is 6.04 Å². The third-order valence-corrected chi connectivity index (χ3v) is 6.58. The van der Waals surface area contributed by atoms with E-state index in [0.717, 1.165) is 44.2 Å². The molecule has 0 radical (unpaired) electrons. The zero-order valence-corrected chi connectivity index (χ0v) is 20.2. The van der Waals surface area contributed by atoms with Crippen LogP contribution in [0.1, 0.15) is 29.7 Å². The van der Waals surface area contributed by atoms with Crippen molar-refractivity contribution < 1.29 is 4.74 Å². The number of rotatable bonds is 5. The molecule has 3 aromatic rings. The summed E-state index contributed by atoms with van der Waals surface area (Å²) in [4.78, 5) is 14.2. The van der Waals surface area contributed by atoms with Crippen LogP contribution in [0.4, 0.5) is 17.6 Å². The summed E-state index contributed by atoms with van der Waals surface area (Å²) in [6.45, 7) is 6.87. The average Bonchev–Trinajstić information content (AvgIpc) is 2.89. The average molecular weight is 475 g/mol. The third kappa shape index (κ3) is 5.29. The first-order valence-electron chi connectivity index (χ1n) is 11.8. The molecule has 2 aliphatic heterocycles. The van der Waals surface area contributed by atoms with E-state index >= 15 is 0 Å². The van der Waals surface area contributed by atoms with Crippen molar-refractivity contribution in [1.29, 1.82) is 0 Å². The minimum Gasteiger partial charge on any atom is -0.378 e. The van der Waals surface area contributed by atoms with Gasteiger partial charge in [0.1, 0.15) is 11.6 Å². The van der Waals surface area contributed by atoms with Gasteiger partial charge in [-0.05, 0) is 42.3 Å². The molecule has 0 unspecified atom stereocenters. The molecule has 1 fully saturated rings. The number of ether oxygens (including phenoxy) is 1. The van der Waals surface area contributed by atoms with E-state index in [1.165, 1.54) is 16.7 Å². The molecule has 3 heterocycles. The van der Waals surface area contributed by atoms with Gasteiger partial charge in [0, 0.05) is 32.2 Å². The van der Waals surface area contributed by atoms with Gasteiger partial charge >= 0.3 is 0 Å². The number of benzene rings is 2. The molecule has 7 nitrogen and oxygen atoms in total. The van der Waals surface area contributed by atoms with Crippen molar-refractivity contribution in [3.05, 3.63) is 77.4 Å². The summed E-state index contributed by atoms with van der Waals surface area (Å²) in [7, 11) is 0.